The van der Waals surface area contributed by atoms with Gasteiger partial charge in [0.1, 0.15) is 4.75 Å². The highest BCUT2D eigenvalue weighted by Crippen LogP contribution is 2.33. The second kappa shape index (κ2) is 6.41. The number of hydrogen-bond donors (Lipinski definition) is 1. The first-order chi connectivity index (χ1) is 11.4. The smallest absolute Gasteiger partial charge is 0.301 e. The minimum atomic E-state index is -4.64. The first-order valence-electron chi connectivity index (χ1n) is 7.01. The van der Waals surface area contributed by atoms with E-state index in [0.717, 1.165) is 10.9 Å². The van der Waals surface area contributed by atoms with Gasteiger partial charge in [0.15, 0.2) is 20.7 Å². The average molecular weight is 392 g/mol. The number of alkyl halides is 3. The number of amides is 1. The van der Waals surface area contributed by atoms with E-state index in [9.17, 15) is 26.4 Å². The molecule has 0 saturated heterocycles. The van der Waals surface area contributed by atoms with Gasteiger partial charge in [0, 0.05) is 5.38 Å². The molecule has 0 fully saturated rings. The first kappa shape index (κ1) is 19.4. The zero-order valence-corrected chi connectivity index (χ0v) is 15.1. The second-order valence-corrected chi connectivity index (χ2v) is 9.17. The maximum absolute atomic E-state index is 12.7. The maximum atomic E-state index is 12.7. The van der Waals surface area contributed by atoms with Crippen LogP contribution in [0.1, 0.15) is 25.1 Å². The number of nitrogens with one attached hydrogen (secondary N) is 1. The number of nitrogens with zero attached hydrogens (tertiary/aromatic N) is 1. The number of hydrogen-bond acceptors (Lipinski definition) is 5. The molecule has 136 valence electrons. The molecule has 0 atom stereocenters. The van der Waals surface area contributed by atoms with E-state index in [1.807, 2.05) is 0 Å². The number of carbonyl (C=O) groups is 1. The van der Waals surface area contributed by atoms with E-state index >= 15 is 0 Å². The van der Waals surface area contributed by atoms with Crippen molar-refractivity contribution in [3.63, 3.8) is 0 Å². The van der Waals surface area contributed by atoms with Crippen LogP contribution < -0.4 is 5.32 Å². The minimum absolute atomic E-state index is 0.0478. The Morgan fingerprint density at radius 3 is 2.20 bits per heavy atom. The lowest BCUT2D eigenvalue weighted by atomic mass is 10.2. The Morgan fingerprint density at radius 2 is 1.72 bits per heavy atom. The molecule has 5 nitrogen and oxygen atoms in total. The quantitative estimate of drug-likeness (QED) is 0.862. The number of thiazole rings is 1. The van der Waals surface area contributed by atoms with Crippen molar-refractivity contribution < 1.29 is 26.4 Å². The van der Waals surface area contributed by atoms with Gasteiger partial charge in [-0.1, -0.05) is 17.7 Å². The van der Waals surface area contributed by atoms with Crippen LogP contribution in [0.3, 0.4) is 0 Å². The molecule has 1 N–H and O–H groups in total. The third kappa shape index (κ3) is 3.84. The van der Waals surface area contributed by atoms with Gasteiger partial charge >= 0.3 is 6.18 Å². The summed E-state index contributed by atoms with van der Waals surface area (Å²) in [6, 6.07) is 5.95. The molecule has 0 aliphatic heterocycles. The number of sulfone groups is 1. The molecule has 1 aromatic heterocycles. The van der Waals surface area contributed by atoms with E-state index < -0.39 is 32.4 Å². The van der Waals surface area contributed by atoms with Crippen LogP contribution in [0.25, 0.3) is 0 Å². The number of rotatable bonds is 4. The van der Waals surface area contributed by atoms with Crippen LogP contribution in [0, 0.1) is 6.92 Å². The second-order valence-electron chi connectivity index (χ2n) is 5.82. The summed E-state index contributed by atoms with van der Waals surface area (Å²) in [5, 5.41) is 2.58. The van der Waals surface area contributed by atoms with Crippen molar-refractivity contribution in [1.29, 1.82) is 0 Å². The van der Waals surface area contributed by atoms with Gasteiger partial charge in [-0.3, -0.25) is 4.79 Å². The normalized spacial score (nSPS) is 12.9. The standard InChI is InChI=1S/C15H15F3N2O3S2/c1-9-4-6-10(7-5-9)25(22,23)14(2,3)12(21)20-13-19-11(8-24-13)15(16,17)18/h4-8H,1-3H3,(H,19,20,21). The van der Waals surface area contributed by atoms with E-state index in [1.165, 1.54) is 26.0 Å². The van der Waals surface area contributed by atoms with Crippen LogP contribution in [-0.4, -0.2) is 24.1 Å². The van der Waals surface area contributed by atoms with Crippen molar-refractivity contribution in [3.05, 3.63) is 40.9 Å². The number of aromatic nitrogens is 1. The van der Waals surface area contributed by atoms with Crippen LogP contribution in [0.4, 0.5) is 18.3 Å². The molecule has 25 heavy (non-hydrogen) atoms. The van der Waals surface area contributed by atoms with Crippen LogP contribution in [0.15, 0.2) is 34.5 Å². The highest BCUT2D eigenvalue weighted by atomic mass is 32.2. The van der Waals surface area contributed by atoms with E-state index in [4.69, 9.17) is 0 Å². The predicted octanol–water partition coefficient (Wildman–Crippen LogP) is 3.66. The lowest BCUT2D eigenvalue weighted by Crippen LogP contribution is -2.44. The third-order valence-corrected chi connectivity index (χ3v) is 6.74. The Morgan fingerprint density at radius 1 is 1.16 bits per heavy atom. The molecule has 10 heteroatoms. The van der Waals surface area contributed by atoms with Gasteiger partial charge in [0.25, 0.3) is 0 Å². The Kier molecular flexibility index (Phi) is 4.97. The van der Waals surface area contributed by atoms with Gasteiger partial charge in [-0.05, 0) is 32.9 Å². The van der Waals surface area contributed by atoms with Gasteiger partial charge in [-0.25, -0.2) is 13.4 Å². The molecule has 0 saturated carbocycles. The summed E-state index contributed by atoms with van der Waals surface area (Å²) < 4.78 is 61.2. The highest BCUT2D eigenvalue weighted by Gasteiger charge is 2.43. The van der Waals surface area contributed by atoms with E-state index in [-0.39, 0.29) is 10.0 Å². The first-order valence-corrected chi connectivity index (χ1v) is 9.37. The fourth-order valence-corrected chi connectivity index (χ4v) is 3.93. The van der Waals surface area contributed by atoms with E-state index in [2.05, 4.69) is 10.3 Å². The summed E-state index contributed by atoms with van der Waals surface area (Å²) in [6.07, 6.45) is -4.64. The molecule has 1 amide bonds. The van der Waals surface area contributed by atoms with Gasteiger partial charge in [-0.2, -0.15) is 13.2 Å². The molecule has 0 radical (unpaired) electrons. The summed E-state index contributed by atoms with van der Waals surface area (Å²) in [5.74, 6) is -0.962. The fourth-order valence-electron chi connectivity index (χ4n) is 1.84. The number of carbonyl (C=O) groups excluding carboxylic acids is 1. The minimum Gasteiger partial charge on any atom is -0.301 e. The van der Waals surface area contributed by atoms with Crippen LogP contribution in [0.2, 0.25) is 0 Å². The third-order valence-electron chi connectivity index (χ3n) is 3.57. The number of anilines is 1. The molecule has 0 spiro atoms. The van der Waals surface area contributed by atoms with Crippen LogP contribution in [-0.2, 0) is 20.8 Å². The number of benzene rings is 1. The topological polar surface area (TPSA) is 76.1 Å². The molecule has 2 rings (SSSR count). The summed E-state index contributed by atoms with van der Waals surface area (Å²) >= 11 is 0.571. The Hall–Kier alpha value is -1.94. The Bertz CT molecular complexity index is 885. The number of halogens is 3. The molecule has 0 bridgehead atoms. The largest absolute Gasteiger partial charge is 0.434 e. The van der Waals surface area contributed by atoms with Crippen molar-refractivity contribution in [2.24, 2.45) is 0 Å². The van der Waals surface area contributed by atoms with Crippen molar-refractivity contribution in [1.82, 2.24) is 4.98 Å². The average Bonchev–Trinajstić information content (AvgIpc) is 2.96. The summed E-state index contributed by atoms with van der Waals surface area (Å²) in [4.78, 5) is 15.6. The lowest BCUT2D eigenvalue weighted by Gasteiger charge is -2.23. The van der Waals surface area contributed by atoms with Gasteiger partial charge in [0.2, 0.25) is 5.91 Å². The van der Waals surface area contributed by atoms with Crippen LogP contribution >= 0.6 is 11.3 Å². The lowest BCUT2D eigenvalue weighted by molar-refractivity contribution is -0.140. The maximum Gasteiger partial charge on any atom is 0.434 e. The highest BCUT2D eigenvalue weighted by molar-refractivity contribution is 7.93. The molecule has 0 unspecified atom stereocenters. The molecule has 2 aromatic rings. The molecular weight excluding hydrogens is 377 g/mol. The van der Waals surface area contributed by atoms with Crippen molar-refractivity contribution >= 4 is 32.2 Å². The van der Waals surface area contributed by atoms with Gasteiger partial charge < -0.3 is 5.32 Å². The Balaban J connectivity index is 2.27. The summed E-state index contributed by atoms with van der Waals surface area (Å²) in [6.45, 7) is 4.17. The number of aryl methyl sites for hydroxylation is 1. The Labute approximate surface area is 146 Å². The van der Waals surface area contributed by atoms with Gasteiger partial charge in [0.05, 0.1) is 4.90 Å². The summed E-state index contributed by atoms with van der Waals surface area (Å²) in [5.41, 5.74) is -0.296. The molecular formula is C15H15F3N2O3S2. The van der Waals surface area contributed by atoms with Crippen molar-refractivity contribution in [2.75, 3.05) is 5.32 Å². The zero-order valence-electron chi connectivity index (χ0n) is 13.5. The molecule has 1 aromatic carbocycles. The molecule has 0 aliphatic rings. The summed E-state index contributed by atoms with van der Waals surface area (Å²) in [7, 11) is -4.05. The van der Waals surface area contributed by atoms with E-state index in [1.54, 1.807) is 19.1 Å². The van der Waals surface area contributed by atoms with Crippen molar-refractivity contribution in [3.8, 4) is 0 Å². The zero-order chi connectivity index (χ0) is 19.0. The SMILES string of the molecule is Cc1ccc(S(=O)(=O)C(C)(C)C(=O)Nc2nc(C(F)(F)F)cs2)cc1. The fraction of sp³-hybridized carbons (Fsp3) is 0.333. The monoisotopic (exact) mass is 392 g/mol. The van der Waals surface area contributed by atoms with Crippen LogP contribution in [0.5, 0.6) is 0 Å². The van der Waals surface area contributed by atoms with E-state index in [0.29, 0.717) is 11.3 Å². The predicted molar refractivity (Wildman–Crippen MR) is 88.2 cm³/mol. The van der Waals surface area contributed by atoms with Crippen molar-refractivity contribution in [2.45, 2.75) is 36.6 Å². The molecule has 1 heterocycles. The molecule has 0 aliphatic carbocycles. The van der Waals surface area contributed by atoms with Gasteiger partial charge in [-0.15, -0.1) is 11.3 Å².